The Kier molecular flexibility index (Phi) is 6.19. The summed E-state index contributed by atoms with van der Waals surface area (Å²) in [6, 6.07) is 0. The van der Waals surface area contributed by atoms with E-state index >= 15 is 0 Å². The summed E-state index contributed by atoms with van der Waals surface area (Å²) in [5.74, 6) is -0.886. The number of aliphatic hydroxyl groups excluding tert-OH is 2. The molecule has 1 aliphatic carbocycles. The van der Waals surface area contributed by atoms with Crippen molar-refractivity contribution in [1.29, 1.82) is 0 Å². The Labute approximate surface area is 144 Å². The first-order valence-corrected chi connectivity index (χ1v) is 8.54. The van der Waals surface area contributed by atoms with Crippen molar-refractivity contribution in [1.82, 2.24) is 0 Å². The van der Waals surface area contributed by atoms with E-state index in [2.05, 4.69) is 12.7 Å². The van der Waals surface area contributed by atoms with Crippen molar-refractivity contribution in [3.63, 3.8) is 0 Å². The fraction of sp³-hybridized carbons (Fsp3) is 0.550. The second-order valence-corrected chi connectivity index (χ2v) is 7.08. The summed E-state index contributed by atoms with van der Waals surface area (Å²) in [4.78, 5) is 11.9. The first-order chi connectivity index (χ1) is 11.3. The first kappa shape index (κ1) is 18.7. The number of carbonyl (C=O) groups is 1. The molecule has 0 aromatic rings. The van der Waals surface area contributed by atoms with Crippen LogP contribution >= 0.6 is 0 Å². The van der Waals surface area contributed by atoms with E-state index in [-0.39, 0.29) is 0 Å². The summed E-state index contributed by atoms with van der Waals surface area (Å²) in [5, 5.41) is 20.8. The molecule has 1 heterocycles. The maximum absolute atomic E-state index is 11.9. The Morgan fingerprint density at radius 1 is 1.08 bits per heavy atom. The molecule has 0 saturated carbocycles. The minimum atomic E-state index is -0.709. The van der Waals surface area contributed by atoms with Crippen molar-refractivity contribution in [3.8, 4) is 0 Å². The lowest BCUT2D eigenvalue weighted by Crippen LogP contribution is -2.28. The van der Waals surface area contributed by atoms with Crippen LogP contribution in [0.15, 0.2) is 47.1 Å². The molecule has 1 fully saturated rings. The van der Waals surface area contributed by atoms with E-state index in [1.54, 1.807) is 0 Å². The number of rotatable bonds is 0. The molecule has 0 aromatic carbocycles. The zero-order valence-electron chi connectivity index (χ0n) is 14.8. The van der Waals surface area contributed by atoms with Crippen LogP contribution in [0, 0.1) is 5.92 Å². The van der Waals surface area contributed by atoms with Crippen molar-refractivity contribution >= 4 is 5.97 Å². The van der Waals surface area contributed by atoms with Gasteiger partial charge in [0.2, 0.25) is 0 Å². The van der Waals surface area contributed by atoms with Gasteiger partial charge in [0, 0.05) is 5.57 Å². The zero-order valence-corrected chi connectivity index (χ0v) is 14.8. The number of hydrogen-bond donors (Lipinski definition) is 2. The van der Waals surface area contributed by atoms with Crippen LogP contribution in [-0.4, -0.2) is 34.5 Å². The monoisotopic (exact) mass is 332 g/mol. The van der Waals surface area contributed by atoms with Crippen LogP contribution in [0.1, 0.15) is 46.5 Å². The minimum absolute atomic E-state index is 0.327. The molecule has 4 atom stereocenters. The molecule has 0 radical (unpaired) electrons. The van der Waals surface area contributed by atoms with Crippen LogP contribution in [0.5, 0.6) is 0 Å². The van der Waals surface area contributed by atoms with Gasteiger partial charge in [0.05, 0.1) is 18.1 Å². The van der Waals surface area contributed by atoms with Gasteiger partial charge in [-0.2, -0.15) is 0 Å². The predicted molar refractivity (Wildman–Crippen MR) is 94.3 cm³/mol. The van der Waals surface area contributed by atoms with E-state index in [4.69, 9.17) is 4.74 Å². The Hall–Kier alpha value is -1.65. The number of ether oxygens (including phenoxy) is 1. The average Bonchev–Trinajstić information content (AvgIpc) is 2.71. The third-order valence-corrected chi connectivity index (χ3v) is 4.70. The lowest BCUT2D eigenvalue weighted by atomic mass is 9.86. The van der Waals surface area contributed by atoms with Crippen molar-refractivity contribution in [3.05, 3.63) is 47.1 Å². The SMILES string of the molecule is C=C1C(=O)O[C@H]2/C=C(/C)C[C@H](O)/C=C(/C)CC/C=C(/C)C[C@H](O)[C@H]12. The fourth-order valence-corrected chi connectivity index (χ4v) is 3.43. The van der Waals surface area contributed by atoms with Gasteiger partial charge in [0.25, 0.3) is 0 Å². The smallest absolute Gasteiger partial charge is 0.334 e. The lowest BCUT2D eigenvalue weighted by Gasteiger charge is -2.22. The number of allylic oxidation sites excluding steroid dienone is 2. The molecule has 1 aliphatic heterocycles. The van der Waals surface area contributed by atoms with Crippen molar-refractivity contribution < 1.29 is 19.7 Å². The quantitative estimate of drug-likeness (QED) is 0.406. The highest BCUT2D eigenvalue weighted by Crippen LogP contribution is 2.34. The number of hydrogen-bond acceptors (Lipinski definition) is 4. The summed E-state index contributed by atoms with van der Waals surface area (Å²) in [6.45, 7) is 9.71. The maximum Gasteiger partial charge on any atom is 0.334 e. The third kappa shape index (κ3) is 4.68. The number of aliphatic hydroxyl groups is 2. The van der Waals surface area contributed by atoms with Gasteiger partial charge >= 0.3 is 5.97 Å². The van der Waals surface area contributed by atoms with Gasteiger partial charge < -0.3 is 14.9 Å². The Morgan fingerprint density at radius 2 is 1.79 bits per heavy atom. The van der Waals surface area contributed by atoms with Crippen LogP contribution in [0.3, 0.4) is 0 Å². The molecule has 4 heteroatoms. The maximum atomic E-state index is 11.9. The topological polar surface area (TPSA) is 66.8 Å². The summed E-state index contributed by atoms with van der Waals surface area (Å²) in [7, 11) is 0. The molecular weight excluding hydrogens is 304 g/mol. The Bertz CT molecular complexity index is 597. The van der Waals surface area contributed by atoms with Gasteiger partial charge in [0.1, 0.15) is 6.10 Å². The molecule has 2 N–H and O–H groups in total. The van der Waals surface area contributed by atoms with Gasteiger partial charge in [-0.3, -0.25) is 0 Å². The third-order valence-electron chi connectivity index (χ3n) is 4.70. The van der Waals surface area contributed by atoms with Gasteiger partial charge in [-0.1, -0.05) is 35.5 Å². The van der Waals surface area contributed by atoms with Crippen LogP contribution in [0.25, 0.3) is 0 Å². The highest BCUT2D eigenvalue weighted by molar-refractivity contribution is 5.91. The molecule has 2 aliphatic rings. The molecule has 0 spiro atoms. The highest BCUT2D eigenvalue weighted by atomic mass is 16.6. The van der Waals surface area contributed by atoms with E-state index in [1.807, 2.05) is 32.9 Å². The molecule has 0 amide bonds. The summed E-state index contributed by atoms with van der Waals surface area (Å²) >= 11 is 0. The second kappa shape index (κ2) is 7.95. The van der Waals surface area contributed by atoms with Gasteiger partial charge in [0.15, 0.2) is 0 Å². The molecule has 132 valence electrons. The van der Waals surface area contributed by atoms with E-state index in [0.29, 0.717) is 18.4 Å². The number of carbonyl (C=O) groups excluding carboxylic acids is 1. The predicted octanol–water partition coefficient (Wildman–Crippen LogP) is 3.22. The molecule has 0 unspecified atom stereocenters. The lowest BCUT2D eigenvalue weighted by molar-refractivity contribution is -0.137. The van der Waals surface area contributed by atoms with Gasteiger partial charge in [-0.05, 0) is 52.5 Å². The summed E-state index contributed by atoms with van der Waals surface area (Å²) in [6.07, 6.45) is 6.77. The molecule has 4 nitrogen and oxygen atoms in total. The Morgan fingerprint density at radius 3 is 2.50 bits per heavy atom. The largest absolute Gasteiger partial charge is 0.454 e. The van der Waals surface area contributed by atoms with Crippen LogP contribution in [0.4, 0.5) is 0 Å². The number of esters is 1. The standard InChI is InChI=1S/C20H28O4/c1-12-6-5-7-13(2)10-17(22)19-15(4)20(23)24-18(19)11-14(3)9-16(21)8-12/h7-8,11,16-19,21-22H,4-6,9-10H2,1-3H3/b12-8-,13-7-,14-11-/t16-,17+,18+,19+/m1/s1. The molecule has 2 rings (SSSR count). The Balaban J connectivity index is 2.33. The zero-order chi connectivity index (χ0) is 17.9. The molecule has 1 saturated heterocycles. The summed E-state index contributed by atoms with van der Waals surface area (Å²) in [5.41, 5.74) is 3.49. The molecule has 0 bridgehead atoms. The van der Waals surface area contributed by atoms with Crippen LogP contribution in [0.2, 0.25) is 0 Å². The second-order valence-electron chi connectivity index (χ2n) is 7.08. The normalized spacial score (nSPS) is 39.5. The van der Waals surface area contributed by atoms with E-state index in [9.17, 15) is 15.0 Å². The van der Waals surface area contributed by atoms with E-state index < -0.39 is 30.2 Å². The van der Waals surface area contributed by atoms with Gasteiger partial charge in [-0.25, -0.2) is 4.79 Å². The number of fused-ring (bicyclic) bond motifs is 1. The summed E-state index contributed by atoms with van der Waals surface area (Å²) < 4.78 is 5.38. The van der Waals surface area contributed by atoms with E-state index in [0.717, 1.165) is 29.6 Å². The van der Waals surface area contributed by atoms with Crippen LogP contribution in [-0.2, 0) is 9.53 Å². The van der Waals surface area contributed by atoms with Crippen molar-refractivity contribution in [2.45, 2.75) is 64.8 Å². The minimum Gasteiger partial charge on any atom is -0.454 e. The van der Waals surface area contributed by atoms with E-state index in [1.165, 1.54) is 0 Å². The van der Waals surface area contributed by atoms with Gasteiger partial charge in [-0.15, -0.1) is 0 Å². The van der Waals surface area contributed by atoms with Crippen molar-refractivity contribution in [2.75, 3.05) is 0 Å². The molecule has 24 heavy (non-hydrogen) atoms. The van der Waals surface area contributed by atoms with Crippen LogP contribution < -0.4 is 0 Å². The highest BCUT2D eigenvalue weighted by Gasteiger charge is 2.41. The fourth-order valence-electron chi connectivity index (χ4n) is 3.43. The molecular formula is C20H28O4. The van der Waals surface area contributed by atoms with Crippen molar-refractivity contribution in [2.24, 2.45) is 5.92 Å². The molecule has 0 aromatic heterocycles. The first-order valence-electron chi connectivity index (χ1n) is 8.54. The average molecular weight is 332 g/mol.